The third kappa shape index (κ3) is 7.66. The van der Waals surface area contributed by atoms with Gasteiger partial charge in [-0.05, 0) is 54.3 Å². The predicted molar refractivity (Wildman–Crippen MR) is 188 cm³/mol. The van der Waals surface area contributed by atoms with Gasteiger partial charge in [0.05, 0.1) is 40.4 Å². The molecule has 3 N–H and O–H groups in total. The second kappa shape index (κ2) is 14.9. The van der Waals surface area contributed by atoms with Crippen molar-refractivity contribution in [3.05, 3.63) is 136 Å². The van der Waals surface area contributed by atoms with Gasteiger partial charge in [-0.15, -0.1) is 5.10 Å². The van der Waals surface area contributed by atoms with Crippen LogP contribution in [0.2, 0.25) is 10.0 Å². The monoisotopic (exact) mass is 698 g/mol. The molecule has 0 bridgehead atoms. The van der Waals surface area contributed by atoms with E-state index in [0.29, 0.717) is 52.8 Å². The molecule has 0 aliphatic carbocycles. The molecule has 6 aromatic rings. The molecular formula is C36H33Cl2FN8O2. The van der Waals surface area contributed by atoms with E-state index >= 15 is 0 Å². The van der Waals surface area contributed by atoms with Gasteiger partial charge in [-0.25, -0.2) is 19.0 Å². The van der Waals surface area contributed by atoms with Gasteiger partial charge in [-0.2, -0.15) is 0 Å². The normalized spacial score (nSPS) is 15.3. The first-order chi connectivity index (χ1) is 23.9. The van der Waals surface area contributed by atoms with Crippen molar-refractivity contribution in [2.75, 3.05) is 23.7 Å². The van der Waals surface area contributed by atoms with Crippen LogP contribution in [0.4, 0.5) is 21.6 Å². The van der Waals surface area contributed by atoms with Crippen molar-refractivity contribution in [2.45, 2.75) is 37.9 Å². The van der Waals surface area contributed by atoms with Gasteiger partial charge in [0.1, 0.15) is 23.7 Å². The minimum atomic E-state index is -0.970. The smallest absolute Gasteiger partial charge is 0.216 e. The number of benzene rings is 4. The molecule has 2 aromatic heterocycles. The Bertz CT molecular complexity index is 2030. The molecule has 13 heteroatoms. The van der Waals surface area contributed by atoms with Gasteiger partial charge in [0.2, 0.25) is 6.41 Å². The highest BCUT2D eigenvalue weighted by Gasteiger charge is 2.27. The molecular weight excluding hydrogens is 666 g/mol. The summed E-state index contributed by atoms with van der Waals surface area (Å²) in [5.41, 5.74) is 4.58. The minimum Gasteiger partial charge on any atom is -0.373 e. The highest BCUT2D eigenvalue weighted by atomic mass is 35.5. The Morgan fingerprint density at radius 1 is 0.898 bits per heavy atom. The first kappa shape index (κ1) is 32.9. The Hall–Kier alpha value is -4.65. The van der Waals surface area contributed by atoms with E-state index in [9.17, 15) is 9.50 Å². The Morgan fingerprint density at radius 3 is 2.39 bits per heavy atom. The molecule has 0 amide bonds. The Balaban J connectivity index is 1.09. The van der Waals surface area contributed by atoms with Crippen molar-refractivity contribution in [2.24, 2.45) is 0 Å². The maximum absolute atomic E-state index is 13.8. The largest absolute Gasteiger partial charge is 0.373 e. The fourth-order valence-electron chi connectivity index (χ4n) is 5.98. The van der Waals surface area contributed by atoms with Crippen LogP contribution < -0.4 is 10.6 Å². The zero-order valence-corrected chi connectivity index (χ0v) is 27.8. The molecule has 2 atom stereocenters. The number of rotatable bonds is 11. The van der Waals surface area contributed by atoms with Gasteiger partial charge in [0, 0.05) is 29.9 Å². The van der Waals surface area contributed by atoms with Gasteiger partial charge >= 0.3 is 0 Å². The summed E-state index contributed by atoms with van der Waals surface area (Å²) < 4.78 is 21.4. The van der Waals surface area contributed by atoms with Crippen molar-refractivity contribution < 1.29 is 14.2 Å². The maximum atomic E-state index is 13.8. The molecule has 4 aromatic carbocycles. The predicted octanol–water partition coefficient (Wildman–Crippen LogP) is 7.74. The molecule has 1 fully saturated rings. The molecule has 1 aliphatic rings. The van der Waals surface area contributed by atoms with E-state index in [-0.39, 0.29) is 17.1 Å². The van der Waals surface area contributed by atoms with Gasteiger partial charge < -0.3 is 20.5 Å². The number of aliphatic hydroxyl groups is 1. The third-order valence-corrected chi connectivity index (χ3v) is 9.15. The highest BCUT2D eigenvalue weighted by Crippen LogP contribution is 2.35. The van der Waals surface area contributed by atoms with Crippen LogP contribution in [0.3, 0.4) is 0 Å². The standard InChI is InChI=1S/C36H33Cl2FN8O2/c37-29-18-25(11-12-31(29)39)43-35-28-17-26(19-30(38)34(28)40-22-41-35)42-33(24-9-5-2-6-10-24)32-20-47(45-44-32)27-13-15-46(16-14-27)36(48)49-21-23-7-3-1-4-8-23/h1-12,17-20,22,27,33,36,42,48H,13-16,21H2,(H,40,41,43). The molecule has 0 spiro atoms. The van der Waals surface area contributed by atoms with Crippen LogP contribution in [0.15, 0.2) is 104 Å². The van der Waals surface area contributed by atoms with Crippen LogP contribution in [-0.2, 0) is 11.3 Å². The fraction of sp³-hybridized carbons (Fsp3) is 0.222. The van der Waals surface area contributed by atoms with E-state index in [0.717, 1.165) is 29.7 Å². The van der Waals surface area contributed by atoms with Crippen LogP contribution in [0.5, 0.6) is 0 Å². The number of nitrogens with one attached hydrogen (secondary N) is 2. The van der Waals surface area contributed by atoms with E-state index in [1.54, 1.807) is 6.07 Å². The fourth-order valence-corrected chi connectivity index (χ4v) is 6.43. The number of piperidine rings is 1. The number of aromatic nitrogens is 5. The van der Waals surface area contributed by atoms with E-state index in [4.69, 9.17) is 27.9 Å². The average molecular weight is 700 g/mol. The van der Waals surface area contributed by atoms with Gasteiger partial charge in [-0.3, -0.25) is 4.90 Å². The number of hydrogen-bond donors (Lipinski definition) is 3. The lowest BCUT2D eigenvalue weighted by Gasteiger charge is -2.34. The Kier molecular flexibility index (Phi) is 9.97. The van der Waals surface area contributed by atoms with Crippen LogP contribution in [-0.4, -0.2) is 54.5 Å². The number of halogens is 3. The zero-order valence-electron chi connectivity index (χ0n) is 26.3. The second-order valence-electron chi connectivity index (χ2n) is 11.8. The minimum absolute atomic E-state index is 0.00139. The summed E-state index contributed by atoms with van der Waals surface area (Å²) in [6.45, 7) is 1.67. The molecule has 7 rings (SSSR count). The number of anilines is 3. The second-order valence-corrected chi connectivity index (χ2v) is 12.6. The first-order valence-corrected chi connectivity index (χ1v) is 16.6. The van der Waals surface area contributed by atoms with Crippen molar-refractivity contribution in [3.8, 4) is 0 Å². The summed E-state index contributed by atoms with van der Waals surface area (Å²) in [6, 6.07) is 27.7. The first-order valence-electron chi connectivity index (χ1n) is 15.9. The number of likely N-dealkylation sites (tertiary alicyclic amines) is 1. The topological polar surface area (TPSA) is 113 Å². The Morgan fingerprint density at radius 2 is 1.63 bits per heavy atom. The molecule has 0 radical (unpaired) electrons. The van der Waals surface area contributed by atoms with Gasteiger partial charge in [-0.1, -0.05) is 89.1 Å². The summed E-state index contributed by atoms with van der Waals surface area (Å²) in [7, 11) is 0. The molecule has 3 heterocycles. The zero-order chi connectivity index (χ0) is 33.7. The average Bonchev–Trinajstić information content (AvgIpc) is 3.62. The summed E-state index contributed by atoms with van der Waals surface area (Å²) in [5.74, 6) is -0.0195. The molecule has 1 aliphatic heterocycles. The van der Waals surface area contributed by atoms with Gasteiger partial charge in [0.15, 0.2) is 0 Å². The molecule has 1 saturated heterocycles. The number of ether oxygens (including phenoxy) is 1. The summed E-state index contributed by atoms with van der Waals surface area (Å²) in [5, 5.41) is 27.7. The number of hydrogen-bond acceptors (Lipinski definition) is 9. The van der Waals surface area contributed by atoms with Crippen molar-refractivity contribution in [1.29, 1.82) is 0 Å². The lowest BCUT2D eigenvalue weighted by Crippen LogP contribution is -2.43. The third-order valence-electron chi connectivity index (χ3n) is 8.57. The summed E-state index contributed by atoms with van der Waals surface area (Å²) in [6.07, 6.45) is 4.00. The maximum Gasteiger partial charge on any atom is 0.216 e. The summed E-state index contributed by atoms with van der Waals surface area (Å²) in [4.78, 5) is 10.8. The van der Waals surface area contributed by atoms with E-state index in [1.165, 1.54) is 18.5 Å². The van der Waals surface area contributed by atoms with Crippen LogP contribution in [0.25, 0.3) is 10.9 Å². The quantitative estimate of drug-likeness (QED) is 0.117. The van der Waals surface area contributed by atoms with E-state index in [2.05, 4.69) is 30.9 Å². The number of aliphatic hydroxyl groups excluding tert-OH is 1. The lowest BCUT2D eigenvalue weighted by molar-refractivity contribution is -0.205. The Labute approximate surface area is 292 Å². The van der Waals surface area contributed by atoms with Crippen molar-refractivity contribution in [1.82, 2.24) is 29.9 Å². The molecule has 10 nitrogen and oxygen atoms in total. The SMILES string of the molecule is OC(OCc1ccccc1)N1CCC(n2cc(C(Nc3cc(Cl)c4ncnc(Nc5ccc(F)c(Cl)c5)c4c3)c3ccccc3)nn2)CC1. The van der Waals surface area contributed by atoms with Crippen molar-refractivity contribution in [3.63, 3.8) is 0 Å². The lowest BCUT2D eigenvalue weighted by atomic mass is 10.0. The highest BCUT2D eigenvalue weighted by molar-refractivity contribution is 6.35. The molecule has 2 unspecified atom stereocenters. The van der Waals surface area contributed by atoms with Crippen molar-refractivity contribution >= 4 is 51.3 Å². The van der Waals surface area contributed by atoms with E-state index < -0.39 is 12.2 Å². The number of fused-ring (bicyclic) bond motifs is 1. The molecule has 250 valence electrons. The van der Waals surface area contributed by atoms with E-state index in [1.807, 2.05) is 88.6 Å². The van der Waals surface area contributed by atoms with Crippen LogP contribution in [0.1, 0.15) is 41.7 Å². The van der Waals surface area contributed by atoms with Gasteiger partial charge in [0.25, 0.3) is 0 Å². The number of nitrogens with zero attached hydrogens (tertiary/aromatic N) is 6. The molecule has 0 saturated carbocycles. The van der Waals surface area contributed by atoms with Crippen LogP contribution in [0, 0.1) is 5.82 Å². The van der Waals surface area contributed by atoms with Crippen LogP contribution >= 0.6 is 23.2 Å². The molecule has 49 heavy (non-hydrogen) atoms. The summed E-state index contributed by atoms with van der Waals surface area (Å²) >= 11 is 12.8.